The van der Waals surface area contributed by atoms with Crippen LogP contribution in [0.25, 0.3) is 5.82 Å². The van der Waals surface area contributed by atoms with Crippen LogP contribution in [-0.4, -0.2) is 25.7 Å². The molecule has 0 bridgehead atoms. The van der Waals surface area contributed by atoms with Crippen molar-refractivity contribution in [2.24, 2.45) is 0 Å². The van der Waals surface area contributed by atoms with Gasteiger partial charge in [0.25, 0.3) is 5.91 Å². The molecule has 0 aliphatic rings. The van der Waals surface area contributed by atoms with E-state index in [2.05, 4.69) is 20.4 Å². The number of ether oxygens (including phenoxy) is 1. The molecule has 0 unspecified atom stereocenters. The van der Waals surface area contributed by atoms with E-state index in [1.165, 1.54) is 17.7 Å². The van der Waals surface area contributed by atoms with Gasteiger partial charge in [0, 0.05) is 22.8 Å². The van der Waals surface area contributed by atoms with E-state index in [1.807, 2.05) is 30.7 Å². The number of nitrogens with zero attached hydrogens (tertiary/aromatic N) is 4. The predicted molar refractivity (Wildman–Crippen MR) is 107 cm³/mol. The minimum atomic E-state index is -0.139. The number of nitrogens with one attached hydrogen (secondary N) is 1. The van der Waals surface area contributed by atoms with E-state index in [9.17, 15) is 4.79 Å². The maximum Gasteiger partial charge on any atom is 0.256 e. The van der Waals surface area contributed by atoms with E-state index in [-0.39, 0.29) is 5.91 Å². The summed E-state index contributed by atoms with van der Waals surface area (Å²) in [4.78, 5) is 20.5. The van der Waals surface area contributed by atoms with Gasteiger partial charge in [0.2, 0.25) is 5.88 Å². The fourth-order valence-electron chi connectivity index (χ4n) is 2.69. The number of aryl methyl sites for hydroxylation is 2. The summed E-state index contributed by atoms with van der Waals surface area (Å²) < 4.78 is 7.56. The first-order valence-electron chi connectivity index (χ1n) is 8.55. The van der Waals surface area contributed by atoms with Gasteiger partial charge in [-0.15, -0.1) is 0 Å². The average molecular weight is 391 g/mol. The van der Waals surface area contributed by atoms with Gasteiger partial charge in [-0.05, 0) is 55.6 Å². The molecule has 4 rings (SSSR count). The SMILES string of the molecule is Cc1cc(C)n(-c2cc(Oc3ccc(NC(=O)c4ccsc4)cc3)ncn2)n1. The first-order valence-corrected chi connectivity index (χ1v) is 9.50. The van der Waals surface area contributed by atoms with Crippen LogP contribution in [0.4, 0.5) is 5.69 Å². The highest BCUT2D eigenvalue weighted by atomic mass is 32.1. The van der Waals surface area contributed by atoms with Crippen LogP contribution >= 0.6 is 11.3 Å². The molecule has 3 heterocycles. The van der Waals surface area contributed by atoms with Gasteiger partial charge in [0.05, 0.1) is 11.3 Å². The van der Waals surface area contributed by atoms with E-state index >= 15 is 0 Å². The van der Waals surface area contributed by atoms with Crippen LogP contribution in [0.1, 0.15) is 21.7 Å². The highest BCUT2D eigenvalue weighted by molar-refractivity contribution is 7.08. The Hall–Kier alpha value is -3.52. The molecule has 0 spiro atoms. The number of amides is 1. The second-order valence-electron chi connectivity index (χ2n) is 6.15. The summed E-state index contributed by atoms with van der Waals surface area (Å²) in [5.41, 5.74) is 3.23. The van der Waals surface area contributed by atoms with Gasteiger partial charge in [-0.3, -0.25) is 4.79 Å². The van der Waals surface area contributed by atoms with Gasteiger partial charge in [-0.2, -0.15) is 16.4 Å². The number of carbonyl (C=O) groups is 1. The van der Waals surface area contributed by atoms with Crippen molar-refractivity contribution in [3.63, 3.8) is 0 Å². The average Bonchev–Trinajstić information content (AvgIpc) is 3.33. The summed E-state index contributed by atoms with van der Waals surface area (Å²) >= 11 is 1.48. The van der Waals surface area contributed by atoms with Gasteiger partial charge in [-0.1, -0.05) is 0 Å². The molecule has 28 heavy (non-hydrogen) atoms. The zero-order chi connectivity index (χ0) is 19.5. The van der Waals surface area contributed by atoms with Gasteiger partial charge in [-0.25, -0.2) is 14.6 Å². The summed E-state index contributed by atoms with van der Waals surface area (Å²) in [7, 11) is 0. The number of hydrogen-bond donors (Lipinski definition) is 1. The Bertz CT molecular complexity index is 1100. The van der Waals surface area contributed by atoms with Gasteiger partial charge in [0.15, 0.2) is 5.82 Å². The van der Waals surface area contributed by atoms with Crippen molar-refractivity contribution >= 4 is 22.9 Å². The van der Waals surface area contributed by atoms with Gasteiger partial charge < -0.3 is 10.1 Å². The zero-order valence-corrected chi connectivity index (χ0v) is 16.1. The number of benzene rings is 1. The highest BCUT2D eigenvalue weighted by Crippen LogP contribution is 2.23. The van der Waals surface area contributed by atoms with Crippen LogP contribution in [0, 0.1) is 13.8 Å². The number of thiophene rings is 1. The van der Waals surface area contributed by atoms with Crippen molar-refractivity contribution in [2.75, 3.05) is 5.32 Å². The lowest BCUT2D eigenvalue weighted by atomic mass is 10.2. The molecule has 4 aromatic rings. The second-order valence-corrected chi connectivity index (χ2v) is 6.93. The number of anilines is 1. The van der Waals surface area contributed by atoms with E-state index in [1.54, 1.807) is 41.1 Å². The van der Waals surface area contributed by atoms with Crippen molar-refractivity contribution < 1.29 is 9.53 Å². The molecule has 1 N–H and O–H groups in total. The predicted octanol–water partition coefficient (Wildman–Crippen LogP) is 4.39. The molecule has 0 aliphatic carbocycles. The molecule has 7 nitrogen and oxygen atoms in total. The molecular formula is C20H17N5O2S. The van der Waals surface area contributed by atoms with Gasteiger partial charge >= 0.3 is 0 Å². The second kappa shape index (κ2) is 7.61. The molecule has 140 valence electrons. The number of rotatable bonds is 5. The summed E-state index contributed by atoms with van der Waals surface area (Å²) in [5.74, 6) is 1.51. The maximum absolute atomic E-state index is 12.1. The summed E-state index contributed by atoms with van der Waals surface area (Å²) in [6, 6.07) is 12.6. The lowest BCUT2D eigenvalue weighted by Gasteiger charge is -2.08. The molecule has 0 saturated heterocycles. The van der Waals surface area contributed by atoms with Crippen LogP contribution in [0.15, 0.2) is 59.6 Å². The monoisotopic (exact) mass is 391 g/mol. The third-order valence-corrected chi connectivity index (χ3v) is 4.66. The van der Waals surface area contributed by atoms with Crippen molar-refractivity contribution in [3.8, 4) is 17.4 Å². The smallest absolute Gasteiger partial charge is 0.256 e. The maximum atomic E-state index is 12.1. The number of hydrogen-bond acceptors (Lipinski definition) is 6. The highest BCUT2D eigenvalue weighted by Gasteiger charge is 2.09. The molecule has 0 radical (unpaired) electrons. The summed E-state index contributed by atoms with van der Waals surface area (Å²) in [5, 5.41) is 10.9. The number of carbonyl (C=O) groups excluding carboxylic acids is 1. The van der Waals surface area contributed by atoms with Crippen molar-refractivity contribution in [2.45, 2.75) is 13.8 Å². The first kappa shape index (κ1) is 17.9. The molecular weight excluding hydrogens is 374 g/mol. The quantitative estimate of drug-likeness (QED) is 0.546. The molecule has 0 saturated carbocycles. The lowest BCUT2D eigenvalue weighted by molar-refractivity contribution is 0.102. The molecule has 0 atom stereocenters. The number of aromatic nitrogens is 4. The van der Waals surface area contributed by atoms with Gasteiger partial charge in [0.1, 0.15) is 12.1 Å². The topological polar surface area (TPSA) is 81.9 Å². The van der Waals surface area contributed by atoms with Crippen molar-refractivity contribution in [3.05, 3.63) is 76.5 Å². The summed E-state index contributed by atoms with van der Waals surface area (Å²) in [6.45, 7) is 3.90. The van der Waals surface area contributed by atoms with Crippen LogP contribution in [0.2, 0.25) is 0 Å². The Labute approximate surface area is 165 Å². The van der Waals surface area contributed by atoms with Crippen LogP contribution in [0.3, 0.4) is 0 Å². The van der Waals surface area contributed by atoms with E-state index < -0.39 is 0 Å². The molecule has 0 fully saturated rings. The van der Waals surface area contributed by atoms with E-state index in [0.717, 1.165) is 11.4 Å². The molecule has 1 aromatic carbocycles. The third kappa shape index (κ3) is 3.91. The molecule has 3 aromatic heterocycles. The Morgan fingerprint density at radius 3 is 2.61 bits per heavy atom. The fourth-order valence-corrected chi connectivity index (χ4v) is 3.32. The van der Waals surface area contributed by atoms with E-state index in [4.69, 9.17) is 4.74 Å². The summed E-state index contributed by atoms with van der Waals surface area (Å²) in [6.07, 6.45) is 1.44. The van der Waals surface area contributed by atoms with Crippen LogP contribution in [0.5, 0.6) is 11.6 Å². The van der Waals surface area contributed by atoms with Crippen LogP contribution < -0.4 is 10.1 Å². The Kier molecular flexibility index (Phi) is 4.86. The minimum Gasteiger partial charge on any atom is -0.439 e. The molecule has 1 amide bonds. The van der Waals surface area contributed by atoms with Crippen molar-refractivity contribution in [1.82, 2.24) is 19.7 Å². The lowest BCUT2D eigenvalue weighted by Crippen LogP contribution is -2.10. The molecule has 8 heteroatoms. The molecule has 0 aliphatic heterocycles. The Morgan fingerprint density at radius 1 is 1.11 bits per heavy atom. The van der Waals surface area contributed by atoms with Crippen molar-refractivity contribution in [1.29, 1.82) is 0 Å². The van der Waals surface area contributed by atoms with E-state index in [0.29, 0.717) is 28.7 Å². The Morgan fingerprint density at radius 2 is 1.93 bits per heavy atom. The minimum absolute atomic E-state index is 0.139. The van der Waals surface area contributed by atoms with Crippen LogP contribution in [-0.2, 0) is 0 Å². The largest absolute Gasteiger partial charge is 0.439 e. The fraction of sp³-hybridized carbons (Fsp3) is 0.100. The Balaban J connectivity index is 1.47. The zero-order valence-electron chi connectivity index (χ0n) is 15.3. The standard InChI is InChI=1S/C20H17N5O2S/c1-13-9-14(2)25(24-13)18-10-19(22-12-21-18)27-17-5-3-16(4-6-17)23-20(26)15-7-8-28-11-15/h3-12H,1-2H3,(H,23,26). The first-order chi connectivity index (χ1) is 13.6. The normalized spacial score (nSPS) is 10.6. The third-order valence-electron chi connectivity index (χ3n) is 3.97.